The summed E-state index contributed by atoms with van der Waals surface area (Å²) >= 11 is 0. The van der Waals surface area contributed by atoms with Crippen LogP contribution in [0.15, 0.2) is 12.7 Å². The third kappa shape index (κ3) is 4.45. The van der Waals surface area contributed by atoms with E-state index in [1.54, 1.807) is 0 Å². The van der Waals surface area contributed by atoms with E-state index < -0.39 is 0 Å². The summed E-state index contributed by atoms with van der Waals surface area (Å²) in [5.74, 6) is 0.256. The Balaban J connectivity index is 2.42. The molecule has 1 saturated carbocycles. The summed E-state index contributed by atoms with van der Waals surface area (Å²) < 4.78 is 0. The Kier molecular flexibility index (Phi) is 6.41. The minimum Gasteiger partial charge on any atom is -0.346 e. The minimum absolute atomic E-state index is 0.0853. The van der Waals surface area contributed by atoms with Crippen molar-refractivity contribution >= 4 is 5.91 Å². The topological polar surface area (TPSA) is 46.3 Å². The number of nitrogens with two attached hydrogens (primary N) is 1. The van der Waals surface area contributed by atoms with E-state index in [0.29, 0.717) is 13.0 Å². The van der Waals surface area contributed by atoms with E-state index in [4.69, 9.17) is 5.73 Å². The van der Waals surface area contributed by atoms with E-state index in [2.05, 4.69) is 6.58 Å². The first-order valence-electron chi connectivity index (χ1n) is 7.18. The monoisotopic (exact) mass is 252 g/mol. The van der Waals surface area contributed by atoms with Gasteiger partial charge in [-0.1, -0.05) is 25.3 Å². The molecule has 0 spiro atoms. The van der Waals surface area contributed by atoms with Crippen LogP contribution in [-0.4, -0.2) is 30.9 Å². The Bertz CT molecular complexity index is 270. The molecule has 0 heterocycles. The van der Waals surface area contributed by atoms with Crippen LogP contribution in [0.25, 0.3) is 0 Å². The fourth-order valence-electron chi connectivity index (χ4n) is 2.81. The molecule has 0 saturated heterocycles. The lowest BCUT2D eigenvalue weighted by Crippen LogP contribution is -2.39. The van der Waals surface area contributed by atoms with Crippen LogP contribution in [0.5, 0.6) is 0 Å². The van der Waals surface area contributed by atoms with Crippen molar-refractivity contribution in [2.45, 2.75) is 51.4 Å². The number of carbonyl (C=O) groups is 1. The maximum atomic E-state index is 12.2. The van der Waals surface area contributed by atoms with Crippen molar-refractivity contribution in [3.05, 3.63) is 12.7 Å². The molecule has 1 aliphatic rings. The number of amides is 1. The Labute approximate surface area is 111 Å². The molecule has 104 valence electrons. The molecule has 1 rings (SSSR count). The number of hydrogen-bond donors (Lipinski definition) is 1. The lowest BCUT2D eigenvalue weighted by molar-refractivity contribution is -0.132. The second-order valence-electron chi connectivity index (χ2n) is 5.69. The fraction of sp³-hybridized carbons (Fsp3) is 0.800. The van der Waals surface area contributed by atoms with E-state index in [0.717, 1.165) is 32.2 Å². The van der Waals surface area contributed by atoms with Crippen LogP contribution in [0.2, 0.25) is 0 Å². The summed E-state index contributed by atoms with van der Waals surface area (Å²) in [6.07, 6.45) is 10.5. The van der Waals surface area contributed by atoms with Crippen molar-refractivity contribution < 1.29 is 4.79 Å². The van der Waals surface area contributed by atoms with E-state index in [-0.39, 0.29) is 11.3 Å². The van der Waals surface area contributed by atoms with Crippen LogP contribution in [0.3, 0.4) is 0 Å². The number of hydrogen-bond acceptors (Lipinski definition) is 2. The highest BCUT2D eigenvalue weighted by Gasteiger charge is 2.33. The van der Waals surface area contributed by atoms with Gasteiger partial charge in [0, 0.05) is 20.0 Å². The Morgan fingerprint density at radius 2 is 2.06 bits per heavy atom. The molecule has 0 atom stereocenters. The van der Waals surface area contributed by atoms with Gasteiger partial charge in [0.2, 0.25) is 5.91 Å². The first-order chi connectivity index (χ1) is 8.63. The summed E-state index contributed by atoms with van der Waals surface area (Å²) in [5.41, 5.74) is 6.01. The third-order valence-corrected chi connectivity index (χ3v) is 4.20. The Morgan fingerprint density at radius 3 is 2.61 bits per heavy atom. The fourth-order valence-corrected chi connectivity index (χ4v) is 2.81. The van der Waals surface area contributed by atoms with Crippen LogP contribution >= 0.6 is 0 Å². The summed E-state index contributed by atoms with van der Waals surface area (Å²) in [7, 11) is 1.90. The van der Waals surface area contributed by atoms with Crippen LogP contribution in [0, 0.1) is 5.41 Å². The molecule has 3 heteroatoms. The van der Waals surface area contributed by atoms with Gasteiger partial charge < -0.3 is 10.6 Å². The van der Waals surface area contributed by atoms with Crippen molar-refractivity contribution in [3.63, 3.8) is 0 Å². The Hall–Kier alpha value is -0.830. The van der Waals surface area contributed by atoms with Crippen molar-refractivity contribution in [2.75, 3.05) is 20.1 Å². The first kappa shape index (κ1) is 15.2. The van der Waals surface area contributed by atoms with Gasteiger partial charge in [0.15, 0.2) is 0 Å². The molecule has 0 radical (unpaired) electrons. The zero-order valence-corrected chi connectivity index (χ0v) is 11.8. The number of unbranched alkanes of at least 4 members (excludes halogenated alkanes) is 1. The number of allylic oxidation sites excluding steroid dienone is 1. The maximum absolute atomic E-state index is 12.2. The van der Waals surface area contributed by atoms with Crippen molar-refractivity contribution in [1.29, 1.82) is 0 Å². The molecule has 1 fully saturated rings. The summed E-state index contributed by atoms with van der Waals surface area (Å²) in [6.45, 7) is 5.18. The molecule has 2 N–H and O–H groups in total. The maximum Gasteiger partial charge on any atom is 0.222 e. The molecule has 1 amide bonds. The highest BCUT2D eigenvalue weighted by molar-refractivity contribution is 5.76. The average molecular weight is 252 g/mol. The largest absolute Gasteiger partial charge is 0.346 e. The van der Waals surface area contributed by atoms with E-state index in [1.165, 1.54) is 19.3 Å². The predicted molar refractivity (Wildman–Crippen MR) is 76.3 cm³/mol. The van der Waals surface area contributed by atoms with Gasteiger partial charge in [-0.05, 0) is 37.6 Å². The SMILES string of the molecule is C=CCCCN(C)C(=O)CC1(CN)CCCCC1. The predicted octanol–water partition coefficient (Wildman–Crippen LogP) is 2.71. The second-order valence-corrected chi connectivity index (χ2v) is 5.69. The second kappa shape index (κ2) is 7.57. The van der Waals surface area contributed by atoms with Gasteiger partial charge in [-0.25, -0.2) is 0 Å². The van der Waals surface area contributed by atoms with Gasteiger partial charge in [-0.2, -0.15) is 0 Å². The molecule has 0 aromatic carbocycles. The van der Waals surface area contributed by atoms with E-state index >= 15 is 0 Å². The molecular weight excluding hydrogens is 224 g/mol. The summed E-state index contributed by atoms with van der Waals surface area (Å²) in [4.78, 5) is 14.1. The first-order valence-corrected chi connectivity index (χ1v) is 7.18. The summed E-state index contributed by atoms with van der Waals surface area (Å²) in [5, 5.41) is 0. The van der Waals surface area contributed by atoms with E-state index in [9.17, 15) is 4.79 Å². The van der Waals surface area contributed by atoms with Crippen molar-refractivity contribution in [1.82, 2.24) is 4.90 Å². The van der Waals surface area contributed by atoms with Crippen LogP contribution in [0.4, 0.5) is 0 Å². The molecule has 3 nitrogen and oxygen atoms in total. The third-order valence-electron chi connectivity index (χ3n) is 4.20. The smallest absolute Gasteiger partial charge is 0.222 e. The number of rotatable bonds is 7. The van der Waals surface area contributed by atoms with E-state index in [1.807, 2.05) is 18.0 Å². The van der Waals surface area contributed by atoms with Crippen molar-refractivity contribution in [2.24, 2.45) is 11.1 Å². The van der Waals surface area contributed by atoms with Gasteiger partial charge in [-0.3, -0.25) is 4.79 Å². The molecule has 1 aliphatic carbocycles. The zero-order chi connectivity index (χ0) is 13.4. The molecule has 0 bridgehead atoms. The van der Waals surface area contributed by atoms with Crippen LogP contribution in [0.1, 0.15) is 51.4 Å². The number of carbonyl (C=O) groups excluding carboxylic acids is 1. The normalized spacial score (nSPS) is 18.3. The quantitative estimate of drug-likeness (QED) is 0.559. The van der Waals surface area contributed by atoms with Gasteiger partial charge in [-0.15, -0.1) is 6.58 Å². The zero-order valence-electron chi connectivity index (χ0n) is 11.8. The molecule has 18 heavy (non-hydrogen) atoms. The van der Waals surface area contributed by atoms with Crippen LogP contribution in [-0.2, 0) is 4.79 Å². The standard InChI is InChI=1S/C15H28N2O/c1-3-4-8-11-17(2)14(18)12-15(13-16)9-6-5-7-10-15/h3H,1,4-13,16H2,2H3. The molecule has 0 aromatic rings. The number of nitrogens with zero attached hydrogens (tertiary/aromatic N) is 1. The minimum atomic E-state index is 0.0853. The van der Waals surface area contributed by atoms with Crippen molar-refractivity contribution in [3.8, 4) is 0 Å². The molecule has 0 aromatic heterocycles. The lowest BCUT2D eigenvalue weighted by Gasteiger charge is -2.36. The molecule has 0 aliphatic heterocycles. The summed E-state index contributed by atoms with van der Waals surface area (Å²) in [6, 6.07) is 0. The molecular formula is C15H28N2O. The van der Waals surface area contributed by atoms with Crippen LogP contribution < -0.4 is 5.73 Å². The van der Waals surface area contributed by atoms with Gasteiger partial charge >= 0.3 is 0 Å². The highest BCUT2D eigenvalue weighted by atomic mass is 16.2. The van der Waals surface area contributed by atoms with Gasteiger partial charge in [0.1, 0.15) is 0 Å². The molecule has 0 unspecified atom stereocenters. The lowest BCUT2D eigenvalue weighted by atomic mass is 9.71. The Morgan fingerprint density at radius 1 is 1.39 bits per heavy atom. The highest BCUT2D eigenvalue weighted by Crippen LogP contribution is 2.38. The average Bonchev–Trinajstić information content (AvgIpc) is 2.40. The van der Waals surface area contributed by atoms with Gasteiger partial charge in [0.05, 0.1) is 0 Å². The van der Waals surface area contributed by atoms with Gasteiger partial charge in [0.25, 0.3) is 0 Å².